The normalized spacial score (nSPS) is 11.9. The lowest BCUT2D eigenvalue weighted by Crippen LogP contribution is -2.39. The highest BCUT2D eigenvalue weighted by Crippen LogP contribution is 2.35. The molecule has 5 rings (SSSR count). The SMILES string of the molecule is C=C(Nc1nccc(-c2ccc(C(=C)C)s2)c1C)C1=c2cc(-c3cncnc3)cnc2=N1. The molecule has 156 valence electrons. The van der Waals surface area contributed by atoms with Gasteiger partial charge in [0, 0.05) is 56.5 Å². The van der Waals surface area contributed by atoms with E-state index in [1.54, 1.807) is 29.9 Å². The molecule has 4 aromatic heterocycles. The van der Waals surface area contributed by atoms with Crippen molar-refractivity contribution in [2.75, 3.05) is 5.32 Å². The topological polar surface area (TPSA) is 76.0 Å². The molecule has 0 fully saturated rings. The summed E-state index contributed by atoms with van der Waals surface area (Å²) in [5, 5.41) is 4.30. The number of nitrogens with zero attached hydrogens (tertiary/aromatic N) is 5. The maximum Gasteiger partial charge on any atom is 0.162 e. The quantitative estimate of drug-likeness (QED) is 0.486. The smallest absolute Gasteiger partial charge is 0.162 e. The summed E-state index contributed by atoms with van der Waals surface area (Å²) in [4.78, 5) is 24.0. The highest BCUT2D eigenvalue weighted by Gasteiger charge is 2.16. The molecule has 0 bridgehead atoms. The number of aromatic nitrogens is 4. The van der Waals surface area contributed by atoms with Gasteiger partial charge in [0.15, 0.2) is 5.49 Å². The molecule has 1 aliphatic heterocycles. The summed E-state index contributed by atoms with van der Waals surface area (Å²) in [5.74, 6) is 0.759. The Morgan fingerprint density at radius 1 is 1.00 bits per heavy atom. The lowest BCUT2D eigenvalue weighted by molar-refractivity contribution is 1.05. The van der Waals surface area contributed by atoms with Gasteiger partial charge in [-0.2, -0.15) is 0 Å². The van der Waals surface area contributed by atoms with Crippen LogP contribution in [-0.4, -0.2) is 19.9 Å². The van der Waals surface area contributed by atoms with Crippen LogP contribution < -0.4 is 16.0 Å². The summed E-state index contributed by atoms with van der Waals surface area (Å²) < 4.78 is 0. The van der Waals surface area contributed by atoms with Crippen LogP contribution in [0.4, 0.5) is 5.82 Å². The Balaban J connectivity index is 1.45. The minimum absolute atomic E-state index is 0.683. The average molecular weight is 437 g/mol. The van der Waals surface area contributed by atoms with Gasteiger partial charge in [-0.05, 0) is 49.2 Å². The zero-order chi connectivity index (χ0) is 22.2. The van der Waals surface area contributed by atoms with Crippen LogP contribution in [-0.2, 0) is 0 Å². The second kappa shape index (κ2) is 7.94. The lowest BCUT2D eigenvalue weighted by Gasteiger charge is -2.16. The van der Waals surface area contributed by atoms with E-state index in [2.05, 4.69) is 62.5 Å². The molecule has 0 atom stereocenters. The molecular weight excluding hydrogens is 416 g/mol. The minimum Gasteiger partial charge on any atom is -0.339 e. The molecule has 0 aliphatic carbocycles. The van der Waals surface area contributed by atoms with Crippen LogP contribution >= 0.6 is 11.3 Å². The monoisotopic (exact) mass is 436 g/mol. The van der Waals surface area contributed by atoms with E-state index < -0.39 is 0 Å². The molecule has 4 aromatic rings. The molecule has 1 aliphatic rings. The van der Waals surface area contributed by atoms with Crippen molar-refractivity contribution in [3.63, 3.8) is 0 Å². The first-order valence-corrected chi connectivity index (χ1v) is 10.9. The number of rotatable bonds is 6. The molecule has 5 heterocycles. The Morgan fingerprint density at radius 2 is 1.81 bits per heavy atom. The molecule has 0 amide bonds. The maximum atomic E-state index is 4.54. The van der Waals surface area contributed by atoms with Crippen molar-refractivity contribution in [1.29, 1.82) is 0 Å². The van der Waals surface area contributed by atoms with Crippen LogP contribution in [0.5, 0.6) is 0 Å². The first-order chi connectivity index (χ1) is 15.5. The fourth-order valence-corrected chi connectivity index (χ4v) is 4.53. The molecule has 0 aromatic carbocycles. The molecule has 0 saturated heterocycles. The zero-order valence-electron chi connectivity index (χ0n) is 17.8. The number of allylic oxidation sites excluding steroid dienone is 1. The molecule has 0 spiro atoms. The van der Waals surface area contributed by atoms with Crippen molar-refractivity contribution in [3.05, 3.63) is 95.4 Å². The molecular formula is C25H20N6S. The zero-order valence-corrected chi connectivity index (χ0v) is 18.6. The molecule has 0 unspecified atom stereocenters. The molecule has 0 radical (unpaired) electrons. The van der Waals surface area contributed by atoms with Crippen LogP contribution in [0.2, 0.25) is 0 Å². The van der Waals surface area contributed by atoms with E-state index in [0.29, 0.717) is 11.2 Å². The number of thiophene rings is 1. The number of hydrogen-bond acceptors (Lipinski definition) is 7. The molecule has 0 saturated carbocycles. The van der Waals surface area contributed by atoms with Crippen molar-refractivity contribution < 1.29 is 0 Å². The third kappa shape index (κ3) is 3.52. The lowest BCUT2D eigenvalue weighted by atomic mass is 10.1. The van der Waals surface area contributed by atoms with Crippen molar-refractivity contribution in [3.8, 4) is 21.6 Å². The molecule has 1 N–H and O–H groups in total. The molecule has 6 nitrogen and oxygen atoms in total. The fraction of sp³-hybridized carbons (Fsp3) is 0.0800. The summed E-state index contributed by atoms with van der Waals surface area (Å²) in [7, 11) is 0. The number of nitrogens with one attached hydrogen (secondary N) is 1. The summed E-state index contributed by atoms with van der Waals surface area (Å²) in [6, 6.07) is 8.31. The average Bonchev–Trinajstić information content (AvgIpc) is 3.27. The summed E-state index contributed by atoms with van der Waals surface area (Å²) in [6.07, 6.45) is 8.63. The number of anilines is 1. The Morgan fingerprint density at radius 3 is 2.56 bits per heavy atom. The third-order valence-electron chi connectivity index (χ3n) is 5.28. The van der Waals surface area contributed by atoms with Crippen LogP contribution in [0.3, 0.4) is 0 Å². The van der Waals surface area contributed by atoms with E-state index in [1.807, 2.05) is 25.3 Å². The summed E-state index contributed by atoms with van der Waals surface area (Å²) in [6.45, 7) is 12.3. The van der Waals surface area contributed by atoms with Gasteiger partial charge < -0.3 is 5.32 Å². The Labute approximate surface area is 189 Å². The van der Waals surface area contributed by atoms with Gasteiger partial charge in [-0.1, -0.05) is 13.2 Å². The Bertz CT molecular complexity index is 1500. The largest absolute Gasteiger partial charge is 0.339 e. The van der Waals surface area contributed by atoms with Crippen molar-refractivity contribution >= 4 is 28.4 Å². The minimum atomic E-state index is 0.683. The second-order valence-corrected chi connectivity index (χ2v) is 8.65. The van der Waals surface area contributed by atoms with Crippen molar-refractivity contribution in [1.82, 2.24) is 19.9 Å². The van der Waals surface area contributed by atoms with Crippen molar-refractivity contribution in [2.45, 2.75) is 13.8 Å². The Hall–Kier alpha value is -3.97. The van der Waals surface area contributed by atoms with E-state index in [-0.39, 0.29) is 0 Å². The summed E-state index contributed by atoms with van der Waals surface area (Å²) in [5.41, 5.74) is 7.26. The first-order valence-electron chi connectivity index (χ1n) is 10.0. The highest BCUT2D eigenvalue weighted by atomic mass is 32.1. The van der Waals surface area contributed by atoms with Gasteiger partial charge in [0.2, 0.25) is 0 Å². The molecule has 7 heteroatoms. The van der Waals surface area contributed by atoms with Gasteiger partial charge in [-0.15, -0.1) is 11.3 Å². The van der Waals surface area contributed by atoms with E-state index >= 15 is 0 Å². The van der Waals surface area contributed by atoms with E-state index in [4.69, 9.17) is 0 Å². The van der Waals surface area contributed by atoms with Gasteiger partial charge in [-0.3, -0.25) is 0 Å². The Kier molecular flexibility index (Phi) is 4.95. The second-order valence-electron chi connectivity index (χ2n) is 7.56. The first kappa shape index (κ1) is 20.0. The van der Waals surface area contributed by atoms with Crippen LogP contribution in [0.1, 0.15) is 17.4 Å². The predicted octanol–water partition coefficient (Wildman–Crippen LogP) is 4.37. The predicted molar refractivity (Wildman–Crippen MR) is 129 cm³/mol. The van der Waals surface area contributed by atoms with Gasteiger partial charge in [0.25, 0.3) is 0 Å². The van der Waals surface area contributed by atoms with Gasteiger partial charge in [-0.25, -0.2) is 24.9 Å². The number of pyridine rings is 2. The van der Waals surface area contributed by atoms with E-state index in [1.165, 1.54) is 16.1 Å². The van der Waals surface area contributed by atoms with Crippen LogP contribution in [0.15, 0.2) is 79.2 Å². The van der Waals surface area contributed by atoms with E-state index in [9.17, 15) is 0 Å². The molecule has 32 heavy (non-hydrogen) atoms. The van der Waals surface area contributed by atoms with Crippen LogP contribution in [0.25, 0.3) is 32.8 Å². The van der Waals surface area contributed by atoms with Crippen molar-refractivity contribution in [2.24, 2.45) is 4.99 Å². The third-order valence-corrected chi connectivity index (χ3v) is 6.57. The fourth-order valence-electron chi connectivity index (χ4n) is 3.51. The standard InChI is InChI=1S/C25H20N6S/c1-14(2)21-5-6-22(32-21)19-7-8-28-24(15(19)3)30-16(4)23-20-9-17(12-29-25(20)31-23)18-10-26-13-27-11-18/h5-13H,1,4H2,2-3H3,(H,28,30). The highest BCUT2D eigenvalue weighted by molar-refractivity contribution is 7.16. The van der Waals surface area contributed by atoms with Gasteiger partial charge in [0.1, 0.15) is 12.1 Å². The van der Waals surface area contributed by atoms with Crippen LogP contribution in [0, 0.1) is 6.92 Å². The maximum absolute atomic E-state index is 4.54. The summed E-state index contributed by atoms with van der Waals surface area (Å²) >= 11 is 1.73. The van der Waals surface area contributed by atoms with Gasteiger partial charge >= 0.3 is 0 Å². The van der Waals surface area contributed by atoms with E-state index in [0.717, 1.165) is 44.6 Å². The van der Waals surface area contributed by atoms with Gasteiger partial charge in [0.05, 0.1) is 11.4 Å². The number of hydrogen-bond donors (Lipinski definition) is 1. The number of fused-ring (bicyclic) bond motifs is 1.